The number of aliphatic hydroxyl groups excluding tert-OH is 2. The van der Waals surface area contributed by atoms with E-state index in [1.54, 1.807) is 14.0 Å². The molecule has 0 saturated carbocycles. The zero-order valence-corrected chi connectivity index (χ0v) is 12.6. The molecule has 5 nitrogen and oxygen atoms in total. The second-order valence-electron chi connectivity index (χ2n) is 5.84. The zero-order chi connectivity index (χ0) is 15.6. The molecular weight excluding hydrogens is 270 g/mol. The number of hydrogen-bond donors (Lipinski definition) is 2. The van der Waals surface area contributed by atoms with Gasteiger partial charge in [0.15, 0.2) is 5.76 Å². The van der Waals surface area contributed by atoms with E-state index in [-0.39, 0.29) is 25.7 Å². The average Bonchev–Trinajstić information content (AvgIpc) is 2.84. The normalized spacial score (nSPS) is 11.9. The number of benzene rings is 1. The van der Waals surface area contributed by atoms with E-state index in [4.69, 9.17) is 4.42 Å². The predicted molar refractivity (Wildman–Crippen MR) is 80.2 cm³/mol. The number of carbonyl (C=O) groups excluding carboxylic acids is 1. The van der Waals surface area contributed by atoms with Crippen molar-refractivity contribution in [2.75, 3.05) is 26.8 Å². The first-order valence-electron chi connectivity index (χ1n) is 6.87. The van der Waals surface area contributed by atoms with Crippen LogP contribution in [0.2, 0.25) is 0 Å². The third-order valence-electron chi connectivity index (χ3n) is 3.77. The van der Waals surface area contributed by atoms with Gasteiger partial charge in [-0.05, 0) is 13.0 Å². The van der Waals surface area contributed by atoms with Crippen molar-refractivity contribution in [2.24, 2.45) is 5.41 Å². The van der Waals surface area contributed by atoms with E-state index in [2.05, 4.69) is 0 Å². The molecule has 0 atom stereocenters. The van der Waals surface area contributed by atoms with E-state index >= 15 is 0 Å². The topological polar surface area (TPSA) is 73.9 Å². The Morgan fingerprint density at radius 1 is 1.29 bits per heavy atom. The van der Waals surface area contributed by atoms with Crippen LogP contribution in [0.1, 0.15) is 23.0 Å². The highest BCUT2D eigenvalue weighted by atomic mass is 16.3. The minimum atomic E-state index is -0.732. The van der Waals surface area contributed by atoms with Crippen molar-refractivity contribution < 1.29 is 19.4 Å². The molecule has 1 heterocycles. The van der Waals surface area contributed by atoms with Gasteiger partial charge in [-0.1, -0.05) is 25.1 Å². The summed E-state index contributed by atoms with van der Waals surface area (Å²) in [5.74, 6) is 0.0498. The fourth-order valence-electron chi connectivity index (χ4n) is 2.35. The van der Waals surface area contributed by atoms with Crippen LogP contribution in [0, 0.1) is 12.3 Å². The third kappa shape index (κ3) is 2.94. The number of aryl methyl sites for hydroxylation is 1. The molecule has 114 valence electrons. The molecule has 0 unspecified atom stereocenters. The monoisotopic (exact) mass is 291 g/mol. The molecule has 0 bridgehead atoms. The molecule has 0 aliphatic rings. The molecule has 0 saturated heterocycles. The molecular formula is C16H21NO4. The van der Waals surface area contributed by atoms with Crippen LogP contribution in [-0.4, -0.2) is 47.8 Å². The average molecular weight is 291 g/mol. The summed E-state index contributed by atoms with van der Waals surface area (Å²) in [4.78, 5) is 14.0. The molecule has 1 amide bonds. The molecule has 5 heteroatoms. The molecule has 2 aromatic rings. The van der Waals surface area contributed by atoms with Crippen molar-refractivity contribution in [1.82, 2.24) is 4.90 Å². The van der Waals surface area contributed by atoms with Gasteiger partial charge in [0.2, 0.25) is 0 Å². The van der Waals surface area contributed by atoms with Crippen molar-refractivity contribution in [1.29, 1.82) is 0 Å². The molecule has 2 N–H and O–H groups in total. The van der Waals surface area contributed by atoms with Crippen LogP contribution < -0.4 is 0 Å². The number of rotatable bonds is 5. The van der Waals surface area contributed by atoms with Crippen LogP contribution >= 0.6 is 0 Å². The second-order valence-corrected chi connectivity index (χ2v) is 5.84. The Morgan fingerprint density at radius 3 is 2.48 bits per heavy atom. The Morgan fingerprint density at radius 2 is 1.90 bits per heavy atom. The minimum absolute atomic E-state index is 0.194. The van der Waals surface area contributed by atoms with Crippen LogP contribution in [0.5, 0.6) is 0 Å². The maximum Gasteiger partial charge on any atom is 0.289 e. The molecule has 0 aliphatic carbocycles. The van der Waals surface area contributed by atoms with Gasteiger partial charge in [0, 0.05) is 30.0 Å². The summed E-state index contributed by atoms with van der Waals surface area (Å²) in [7, 11) is 1.64. The van der Waals surface area contributed by atoms with E-state index in [0.717, 1.165) is 10.9 Å². The number of amides is 1. The van der Waals surface area contributed by atoms with Crippen molar-refractivity contribution in [3.63, 3.8) is 0 Å². The maximum absolute atomic E-state index is 12.5. The van der Waals surface area contributed by atoms with Gasteiger partial charge in [-0.25, -0.2) is 0 Å². The van der Waals surface area contributed by atoms with E-state index in [1.165, 1.54) is 4.90 Å². The molecule has 1 aromatic carbocycles. The summed E-state index contributed by atoms with van der Waals surface area (Å²) in [5, 5.41) is 19.6. The minimum Gasteiger partial charge on any atom is -0.451 e. The fourth-order valence-corrected chi connectivity index (χ4v) is 2.35. The summed E-state index contributed by atoms with van der Waals surface area (Å²) < 4.78 is 5.65. The van der Waals surface area contributed by atoms with Gasteiger partial charge >= 0.3 is 0 Å². The fraction of sp³-hybridized carbons (Fsp3) is 0.438. The highest BCUT2D eigenvalue weighted by Crippen LogP contribution is 2.26. The predicted octanol–water partition coefficient (Wildman–Crippen LogP) is 1.80. The lowest BCUT2D eigenvalue weighted by molar-refractivity contribution is 0.0352. The maximum atomic E-state index is 12.5. The molecule has 0 fully saturated rings. The van der Waals surface area contributed by atoms with Gasteiger partial charge in [0.05, 0.1) is 13.2 Å². The summed E-state index contributed by atoms with van der Waals surface area (Å²) in [6.07, 6.45) is 0. The Balaban J connectivity index is 2.28. The summed E-state index contributed by atoms with van der Waals surface area (Å²) in [6.45, 7) is 3.43. The third-order valence-corrected chi connectivity index (χ3v) is 3.77. The Bertz CT molecular complexity index is 643. The first-order chi connectivity index (χ1) is 9.91. The van der Waals surface area contributed by atoms with Gasteiger partial charge in [0.1, 0.15) is 5.58 Å². The van der Waals surface area contributed by atoms with Crippen LogP contribution in [0.4, 0.5) is 0 Å². The molecule has 0 radical (unpaired) electrons. The van der Waals surface area contributed by atoms with Gasteiger partial charge in [0.25, 0.3) is 5.91 Å². The van der Waals surface area contributed by atoms with Gasteiger partial charge in [-0.2, -0.15) is 0 Å². The van der Waals surface area contributed by atoms with Crippen molar-refractivity contribution >= 4 is 16.9 Å². The standard InChI is InChI=1S/C16H21NO4/c1-11-12-6-4-5-7-13(12)21-14(11)15(20)17(3)8-16(2,9-18)10-19/h4-7,18-19H,8-10H2,1-3H3. The largest absolute Gasteiger partial charge is 0.451 e. The van der Waals surface area contributed by atoms with E-state index in [1.807, 2.05) is 31.2 Å². The first-order valence-corrected chi connectivity index (χ1v) is 6.87. The zero-order valence-electron chi connectivity index (χ0n) is 12.6. The Kier molecular flexibility index (Phi) is 4.34. The number of carbonyl (C=O) groups is 1. The quantitative estimate of drug-likeness (QED) is 0.881. The van der Waals surface area contributed by atoms with Gasteiger partial charge in [-0.15, -0.1) is 0 Å². The lowest BCUT2D eigenvalue weighted by Crippen LogP contribution is -2.41. The first kappa shape index (κ1) is 15.5. The summed E-state index contributed by atoms with van der Waals surface area (Å²) in [6, 6.07) is 7.50. The number of nitrogens with zero attached hydrogens (tertiary/aromatic N) is 1. The van der Waals surface area contributed by atoms with E-state index in [0.29, 0.717) is 11.3 Å². The lowest BCUT2D eigenvalue weighted by atomic mass is 9.92. The molecule has 21 heavy (non-hydrogen) atoms. The number of fused-ring (bicyclic) bond motifs is 1. The lowest BCUT2D eigenvalue weighted by Gasteiger charge is -2.30. The van der Waals surface area contributed by atoms with Crippen molar-refractivity contribution in [2.45, 2.75) is 13.8 Å². The number of furan rings is 1. The number of para-hydroxylation sites is 1. The number of hydrogen-bond acceptors (Lipinski definition) is 4. The number of aliphatic hydroxyl groups is 2. The molecule has 1 aromatic heterocycles. The highest BCUT2D eigenvalue weighted by Gasteiger charge is 2.29. The van der Waals surface area contributed by atoms with E-state index in [9.17, 15) is 15.0 Å². The van der Waals surface area contributed by atoms with Crippen LogP contribution in [-0.2, 0) is 0 Å². The Hall–Kier alpha value is -1.85. The van der Waals surface area contributed by atoms with Gasteiger partial charge in [-0.3, -0.25) is 4.79 Å². The smallest absolute Gasteiger partial charge is 0.289 e. The van der Waals surface area contributed by atoms with Crippen LogP contribution in [0.3, 0.4) is 0 Å². The summed E-state index contributed by atoms with van der Waals surface area (Å²) in [5.41, 5.74) is 0.751. The molecule has 0 aliphatic heterocycles. The SMILES string of the molecule is Cc1c(C(=O)N(C)CC(C)(CO)CO)oc2ccccc12. The van der Waals surface area contributed by atoms with Crippen molar-refractivity contribution in [3.05, 3.63) is 35.6 Å². The molecule has 0 spiro atoms. The van der Waals surface area contributed by atoms with E-state index < -0.39 is 5.41 Å². The Labute approximate surface area is 123 Å². The second kappa shape index (κ2) is 5.87. The van der Waals surface area contributed by atoms with Crippen LogP contribution in [0.15, 0.2) is 28.7 Å². The van der Waals surface area contributed by atoms with Gasteiger partial charge < -0.3 is 19.5 Å². The van der Waals surface area contributed by atoms with Crippen molar-refractivity contribution in [3.8, 4) is 0 Å². The molecule has 2 rings (SSSR count). The summed E-state index contributed by atoms with van der Waals surface area (Å²) >= 11 is 0. The highest BCUT2D eigenvalue weighted by molar-refractivity contribution is 5.98. The van der Waals surface area contributed by atoms with Crippen LogP contribution in [0.25, 0.3) is 11.0 Å².